The average molecular weight is 441 g/mol. The number of ether oxygens (including phenoxy) is 1. The molecule has 0 amide bonds. The van der Waals surface area contributed by atoms with E-state index in [1.807, 2.05) is 16.8 Å². The lowest BCUT2D eigenvalue weighted by Crippen LogP contribution is -2.04. The van der Waals surface area contributed by atoms with Crippen LogP contribution in [-0.4, -0.2) is 19.5 Å². The summed E-state index contributed by atoms with van der Waals surface area (Å²) in [6, 6.07) is 13.0. The largest absolute Gasteiger partial charge is 0.478 e. The number of carboxylic acids is 1. The van der Waals surface area contributed by atoms with Gasteiger partial charge in [-0.2, -0.15) is 11.3 Å². The van der Waals surface area contributed by atoms with Gasteiger partial charge in [0.1, 0.15) is 10.6 Å². The highest BCUT2D eigenvalue weighted by atomic mass is 35.7. The number of thioether (sulfide) groups is 1. The van der Waals surface area contributed by atoms with Gasteiger partial charge in [-0.3, -0.25) is 0 Å². The molecule has 3 rings (SSSR count). The number of rotatable bonds is 7. The Hall–Kier alpha value is -2.00. The van der Waals surface area contributed by atoms with E-state index in [2.05, 4.69) is 0 Å². The number of hydrogen-bond acceptors (Lipinski definition) is 6. The van der Waals surface area contributed by atoms with Crippen molar-refractivity contribution >= 4 is 48.8 Å². The molecule has 0 aliphatic rings. The fourth-order valence-electron chi connectivity index (χ4n) is 2.23. The van der Waals surface area contributed by atoms with Crippen molar-refractivity contribution in [3.8, 4) is 11.5 Å². The highest BCUT2D eigenvalue weighted by molar-refractivity contribution is 8.13. The molecule has 1 N–H and O–H groups in total. The van der Waals surface area contributed by atoms with Crippen molar-refractivity contribution in [2.24, 2.45) is 0 Å². The third-order valence-corrected chi connectivity index (χ3v) is 6.62. The van der Waals surface area contributed by atoms with Gasteiger partial charge in [0, 0.05) is 16.4 Å². The maximum Gasteiger partial charge on any atom is 0.335 e. The van der Waals surface area contributed by atoms with Gasteiger partial charge >= 0.3 is 5.97 Å². The zero-order valence-electron chi connectivity index (χ0n) is 13.7. The Bertz CT molecular complexity index is 1050. The molecule has 0 aliphatic heterocycles. The van der Waals surface area contributed by atoms with E-state index in [0.717, 1.165) is 11.6 Å². The van der Waals surface area contributed by atoms with Crippen molar-refractivity contribution in [2.75, 3.05) is 0 Å². The minimum atomic E-state index is -4.23. The lowest BCUT2D eigenvalue weighted by Gasteiger charge is -2.15. The van der Waals surface area contributed by atoms with E-state index >= 15 is 0 Å². The Balaban J connectivity index is 2.11. The molecule has 9 heteroatoms. The van der Waals surface area contributed by atoms with E-state index in [-0.39, 0.29) is 16.2 Å². The molecular weight excluding hydrogens is 428 g/mol. The molecule has 5 nitrogen and oxygen atoms in total. The molecule has 0 bridgehead atoms. The maximum absolute atomic E-state index is 12.1. The quantitative estimate of drug-likeness (QED) is 0.388. The van der Waals surface area contributed by atoms with Gasteiger partial charge in [0.2, 0.25) is 0 Å². The molecule has 0 spiro atoms. The summed E-state index contributed by atoms with van der Waals surface area (Å²) in [6.45, 7) is 0. The SMILES string of the molecule is O=C(O)c1cc(SCc2ccsc2)c(Oc2ccccc2)c(S(=O)(=O)Cl)c1. The van der Waals surface area contributed by atoms with Crippen LogP contribution in [0.4, 0.5) is 0 Å². The van der Waals surface area contributed by atoms with E-state index in [0.29, 0.717) is 16.4 Å². The lowest BCUT2D eigenvalue weighted by molar-refractivity contribution is 0.0696. The van der Waals surface area contributed by atoms with Crippen LogP contribution in [0.25, 0.3) is 0 Å². The second kappa shape index (κ2) is 8.35. The predicted molar refractivity (Wildman–Crippen MR) is 107 cm³/mol. The number of aromatic carboxylic acids is 1. The van der Waals surface area contributed by atoms with Gasteiger partial charge in [0.05, 0.1) is 10.5 Å². The van der Waals surface area contributed by atoms with Crippen molar-refractivity contribution in [3.05, 3.63) is 70.4 Å². The second-order valence-corrected chi connectivity index (χ2v) is 9.71. The topological polar surface area (TPSA) is 80.7 Å². The van der Waals surface area contributed by atoms with Crippen molar-refractivity contribution < 1.29 is 23.1 Å². The predicted octanol–water partition coefficient (Wildman–Crippen LogP) is 5.46. The van der Waals surface area contributed by atoms with E-state index < -0.39 is 15.0 Å². The van der Waals surface area contributed by atoms with Crippen molar-refractivity contribution in [3.63, 3.8) is 0 Å². The summed E-state index contributed by atoms with van der Waals surface area (Å²) in [5.74, 6) is -0.291. The molecule has 1 heterocycles. The molecule has 3 aromatic rings. The van der Waals surface area contributed by atoms with Crippen molar-refractivity contribution in [2.45, 2.75) is 15.5 Å². The van der Waals surface area contributed by atoms with Crippen LogP contribution in [0.2, 0.25) is 0 Å². The Morgan fingerprint density at radius 3 is 2.52 bits per heavy atom. The number of thiophene rings is 1. The van der Waals surface area contributed by atoms with Crippen LogP contribution in [0.5, 0.6) is 11.5 Å². The first-order chi connectivity index (χ1) is 12.8. The maximum atomic E-state index is 12.1. The van der Waals surface area contributed by atoms with E-state index in [1.54, 1.807) is 41.7 Å². The zero-order chi connectivity index (χ0) is 19.4. The molecule has 0 radical (unpaired) electrons. The van der Waals surface area contributed by atoms with Gasteiger partial charge in [0.15, 0.2) is 5.75 Å². The molecular formula is C18H13ClO5S3. The van der Waals surface area contributed by atoms with Crippen LogP contribution < -0.4 is 4.74 Å². The Morgan fingerprint density at radius 2 is 1.93 bits per heavy atom. The second-order valence-electron chi connectivity index (χ2n) is 5.38. The molecule has 0 saturated heterocycles. The summed E-state index contributed by atoms with van der Waals surface area (Å²) in [5, 5.41) is 13.2. The third-order valence-electron chi connectivity index (χ3n) is 3.47. The van der Waals surface area contributed by atoms with Crippen LogP contribution in [0.1, 0.15) is 15.9 Å². The molecule has 1 aromatic heterocycles. The normalized spacial score (nSPS) is 11.3. The molecule has 2 aromatic carbocycles. The van der Waals surface area contributed by atoms with Gasteiger partial charge in [-0.15, -0.1) is 11.8 Å². The summed E-state index contributed by atoms with van der Waals surface area (Å²) in [4.78, 5) is 11.5. The monoisotopic (exact) mass is 440 g/mol. The Morgan fingerprint density at radius 1 is 1.19 bits per heavy atom. The number of benzene rings is 2. The van der Waals surface area contributed by atoms with Crippen molar-refractivity contribution in [1.82, 2.24) is 0 Å². The number of para-hydroxylation sites is 1. The van der Waals surface area contributed by atoms with Crippen LogP contribution in [0.15, 0.2) is 69.1 Å². The molecule has 0 unspecified atom stereocenters. The molecule has 0 atom stereocenters. The van der Waals surface area contributed by atoms with Gasteiger partial charge in [-0.25, -0.2) is 13.2 Å². The third kappa shape index (κ3) is 5.04. The highest BCUT2D eigenvalue weighted by Gasteiger charge is 2.24. The molecule has 0 saturated carbocycles. The van der Waals surface area contributed by atoms with Gasteiger partial charge in [-0.1, -0.05) is 18.2 Å². The van der Waals surface area contributed by atoms with E-state index in [9.17, 15) is 18.3 Å². The average Bonchev–Trinajstić information content (AvgIpc) is 3.14. The summed E-state index contributed by atoms with van der Waals surface area (Å²) in [6.07, 6.45) is 0. The molecule has 0 aliphatic carbocycles. The van der Waals surface area contributed by atoms with Gasteiger partial charge in [-0.05, 0) is 46.7 Å². The minimum absolute atomic E-state index is 0.0152. The smallest absolute Gasteiger partial charge is 0.335 e. The van der Waals surface area contributed by atoms with E-state index in [4.69, 9.17) is 15.4 Å². The number of hydrogen-bond donors (Lipinski definition) is 1. The lowest BCUT2D eigenvalue weighted by atomic mass is 10.2. The van der Waals surface area contributed by atoms with Gasteiger partial charge < -0.3 is 9.84 Å². The fourth-order valence-corrected chi connectivity index (χ4v) is 5.05. The molecule has 0 fully saturated rings. The minimum Gasteiger partial charge on any atom is -0.478 e. The summed E-state index contributed by atoms with van der Waals surface area (Å²) >= 11 is 2.82. The number of carboxylic acid groups (broad SMARTS) is 1. The Labute approximate surface area is 169 Å². The highest BCUT2D eigenvalue weighted by Crippen LogP contribution is 2.41. The summed E-state index contributed by atoms with van der Waals surface area (Å²) < 4.78 is 30.0. The summed E-state index contributed by atoms with van der Waals surface area (Å²) in [5.41, 5.74) is 0.856. The number of carbonyl (C=O) groups is 1. The Kier molecular flexibility index (Phi) is 6.11. The molecule has 140 valence electrons. The number of halogens is 1. The first-order valence-electron chi connectivity index (χ1n) is 7.57. The van der Waals surface area contributed by atoms with Crippen LogP contribution in [0, 0.1) is 0 Å². The summed E-state index contributed by atoms with van der Waals surface area (Å²) in [7, 11) is 1.34. The van der Waals surface area contributed by atoms with Crippen molar-refractivity contribution in [1.29, 1.82) is 0 Å². The first kappa shape index (κ1) is 19.8. The van der Waals surface area contributed by atoms with Crippen LogP contribution >= 0.6 is 33.8 Å². The van der Waals surface area contributed by atoms with E-state index in [1.165, 1.54) is 17.8 Å². The fraction of sp³-hybridized carbons (Fsp3) is 0.0556. The first-order valence-corrected chi connectivity index (χ1v) is 11.8. The molecule has 27 heavy (non-hydrogen) atoms. The van der Waals surface area contributed by atoms with Gasteiger partial charge in [0.25, 0.3) is 9.05 Å². The van der Waals surface area contributed by atoms with Crippen LogP contribution in [-0.2, 0) is 14.8 Å². The standard InChI is InChI=1S/C18H13ClO5S3/c19-27(22,23)16-9-13(18(20)21)8-15(26-11-12-6-7-25-10-12)17(16)24-14-4-2-1-3-5-14/h1-10H,11H2,(H,20,21). The van der Waals surface area contributed by atoms with Crippen LogP contribution in [0.3, 0.4) is 0 Å². The zero-order valence-corrected chi connectivity index (χ0v) is 16.9.